The Hall–Kier alpha value is -3.79. The molecule has 0 aromatic carbocycles. The monoisotopic (exact) mass is 555 g/mol. The Morgan fingerprint density at radius 3 is 2.33 bits per heavy atom. The zero-order valence-corrected chi connectivity index (χ0v) is 22.2. The molecule has 0 saturated carbocycles. The van der Waals surface area contributed by atoms with Crippen molar-refractivity contribution in [2.45, 2.75) is 76.7 Å². The number of primary amides is 1. The van der Waals surface area contributed by atoms with E-state index in [2.05, 4.69) is 21.3 Å². The first kappa shape index (κ1) is 31.4. The number of hydrogen-bond acceptors (Lipinski definition) is 9. The maximum absolute atomic E-state index is 12.8. The molecular weight excluding hydrogens is 518 g/mol. The van der Waals surface area contributed by atoms with Gasteiger partial charge in [-0.15, -0.1) is 0 Å². The van der Waals surface area contributed by atoms with E-state index in [1.54, 1.807) is 0 Å². The van der Waals surface area contributed by atoms with E-state index in [0.29, 0.717) is 19.4 Å². The lowest BCUT2D eigenvalue weighted by atomic mass is 10.0. The number of hydroxylamine groups is 1. The number of nitrogens with zero attached hydrogens (tertiary/aromatic N) is 1. The number of carbonyl (C=O) groups excluding carboxylic acids is 7. The van der Waals surface area contributed by atoms with Gasteiger partial charge in [0.2, 0.25) is 41.4 Å². The van der Waals surface area contributed by atoms with Gasteiger partial charge in [0.05, 0.1) is 19.6 Å². The minimum Gasteiger partial charge on any atom is -0.394 e. The predicted octanol–water partition coefficient (Wildman–Crippen LogP) is -4.09. The summed E-state index contributed by atoms with van der Waals surface area (Å²) in [5, 5.41) is 19.1. The van der Waals surface area contributed by atoms with Crippen LogP contribution in [0.15, 0.2) is 0 Å². The minimum absolute atomic E-state index is 0.0115. The Morgan fingerprint density at radius 2 is 1.79 bits per heavy atom. The topological polar surface area (TPSA) is 238 Å². The van der Waals surface area contributed by atoms with Gasteiger partial charge in [0.1, 0.15) is 30.3 Å². The number of hydrogen-bond donors (Lipinski definition) is 7. The van der Waals surface area contributed by atoms with Gasteiger partial charge in [0.15, 0.2) is 0 Å². The molecular formula is C23H37N7O9. The summed E-state index contributed by atoms with van der Waals surface area (Å²) in [6.45, 7) is 4.10. The molecule has 218 valence electrons. The number of amides is 7. The molecule has 2 rings (SSSR count). The van der Waals surface area contributed by atoms with Crippen LogP contribution in [0.2, 0.25) is 0 Å². The number of aliphatic hydroxyl groups excluding tert-OH is 1. The van der Waals surface area contributed by atoms with Gasteiger partial charge in [-0.1, -0.05) is 13.8 Å². The summed E-state index contributed by atoms with van der Waals surface area (Å²) in [4.78, 5) is 91.8. The summed E-state index contributed by atoms with van der Waals surface area (Å²) in [5.74, 6) is -4.66. The Kier molecular flexibility index (Phi) is 11.6. The van der Waals surface area contributed by atoms with Crippen LogP contribution >= 0.6 is 0 Å². The molecule has 0 bridgehead atoms. The largest absolute Gasteiger partial charge is 0.394 e. The summed E-state index contributed by atoms with van der Waals surface area (Å²) in [5.41, 5.74) is 7.31. The number of nitrogens with one attached hydrogen (secondary N) is 5. The summed E-state index contributed by atoms with van der Waals surface area (Å²) in [6.07, 6.45) is 0.0974. The van der Waals surface area contributed by atoms with Crippen molar-refractivity contribution in [3.05, 3.63) is 0 Å². The molecule has 0 aliphatic carbocycles. The van der Waals surface area contributed by atoms with E-state index in [1.165, 1.54) is 11.8 Å². The maximum Gasteiger partial charge on any atom is 0.246 e. The zero-order valence-electron chi connectivity index (χ0n) is 22.2. The van der Waals surface area contributed by atoms with Crippen LogP contribution in [0.4, 0.5) is 0 Å². The van der Waals surface area contributed by atoms with Crippen molar-refractivity contribution >= 4 is 41.4 Å². The number of nitrogens with two attached hydrogens (primary N) is 1. The summed E-state index contributed by atoms with van der Waals surface area (Å²) >= 11 is 0. The lowest BCUT2D eigenvalue weighted by Crippen LogP contribution is -2.59. The minimum atomic E-state index is -1.51. The number of likely N-dealkylation sites (tertiary alicyclic amines) is 1. The van der Waals surface area contributed by atoms with E-state index in [-0.39, 0.29) is 24.7 Å². The molecule has 2 aliphatic heterocycles. The molecule has 2 aliphatic rings. The molecule has 8 N–H and O–H groups in total. The fourth-order valence-electron chi connectivity index (χ4n) is 4.31. The van der Waals surface area contributed by atoms with Gasteiger partial charge >= 0.3 is 0 Å². The van der Waals surface area contributed by atoms with Crippen molar-refractivity contribution in [2.24, 2.45) is 11.7 Å². The molecule has 2 heterocycles. The molecule has 39 heavy (non-hydrogen) atoms. The van der Waals surface area contributed by atoms with E-state index in [0.717, 1.165) is 0 Å². The van der Waals surface area contributed by atoms with E-state index < -0.39 is 78.9 Å². The van der Waals surface area contributed by atoms with E-state index in [9.17, 15) is 38.7 Å². The number of carbonyl (C=O) groups is 7. The fourth-order valence-corrected chi connectivity index (χ4v) is 4.31. The first-order valence-electron chi connectivity index (χ1n) is 12.6. The van der Waals surface area contributed by atoms with Crippen LogP contribution in [-0.4, -0.2) is 101 Å². The second kappa shape index (κ2) is 14.4. The van der Waals surface area contributed by atoms with Gasteiger partial charge in [-0.05, 0) is 25.2 Å². The van der Waals surface area contributed by atoms with Crippen molar-refractivity contribution in [1.82, 2.24) is 31.6 Å². The molecule has 5 unspecified atom stereocenters. The highest BCUT2D eigenvalue weighted by Crippen LogP contribution is 2.18. The maximum atomic E-state index is 12.8. The standard InChI is InChI=1S/C23H37N7O9/c1-11(2)7-13(27-23(38)15-5-4-6-30(15)12(3)32)21(36)25-9-18(34)26-14(10-31)22(37)28-19(20(24)35)16-8-17(33)29-39-16/h11,13-16,19,31H,4-10H2,1-3H3,(H2,24,35)(H,25,36)(H,26,34)(H,27,38)(H,28,37)(H,29,33). The highest BCUT2D eigenvalue weighted by molar-refractivity contribution is 5.95. The Labute approximate surface area is 225 Å². The molecule has 5 atom stereocenters. The highest BCUT2D eigenvalue weighted by Gasteiger charge is 2.37. The van der Waals surface area contributed by atoms with Crippen LogP contribution < -0.4 is 32.5 Å². The summed E-state index contributed by atoms with van der Waals surface area (Å²) in [7, 11) is 0. The molecule has 0 spiro atoms. The lowest BCUT2D eigenvalue weighted by Gasteiger charge is -2.26. The first-order chi connectivity index (χ1) is 18.3. The Bertz CT molecular complexity index is 974. The van der Waals surface area contributed by atoms with Gasteiger partial charge in [-0.3, -0.25) is 38.4 Å². The molecule has 7 amide bonds. The average molecular weight is 556 g/mol. The van der Waals surface area contributed by atoms with Gasteiger partial charge in [0.25, 0.3) is 0 Å². The molecule has 2 saturated heterocycles. The third-order valence-electron chi connectivity index (χ3n) is 6.24. The summed E-state index contributed by atoms with van der Waals surface area (Å²) < 4.78 is 0. The molecule has 16 heteroatoms. The van der Waals surface area contributed by atoms with Crippen LogP contribution in [0.1, 0.15) is 46.5 Å². The molecule has 2 fully saturated rings. The first-order valence-corrected chi connectivity index (χ1v) is 12.6. The van der Waals surface area contributed by atoms with Gasteiger partial charge in [-0.25, -0.2) is 5.48 Å². The second-order valence-electron chi connectivity index (χ2n) is 9.86. The Balaban J connectivity index is 1.93. The smallest absolute Gasteiger partial charge is 0.246 e. The van der Waals surface area contributed by atoms with Crippen LogP contribution in [-0.2, 0) is 38.4 Å². The number of rotatable bonds is 13. The van der Waals surface area contributed by atoms with Crippen LogP contribution in [0, 0.1) is 5.92 Å². The van der Waals surface area contributed by atoms with E-state index >= 15 is 0 Å². The summed E-state index contributed by atoms with van der Waals surface area (Å²) in [6, 6.07) is -4.57. The highest BCUT2D eigenvalue weighted by atomic mass is 16.7. The lowest BCUT2D eigenvalue weighted by molar-refractivity contribution is -0.138. The third kappa shape index (κ3) is 9.17. The number of aliphatic hydroxyl groups is 1. The average Bonchev–Trinajstić information content (AvgIpc) is 3.52. The van der Waals surface area contributed by atoms with Gasteiger partial charge in [0, 0.05) is 13.5 Å². The van der Waals surface area contributed by atoms with E-state index in [1.807, 2.05) is 19.3 Å². The van der Waals surface area contributed by atoms with Crippen LogP contribution in [0.25, 0.3) is 0 Å². The quantitative estimate of drug-likeness (QED) is 0.117. The zero-order chi connectivity index (χ0) is 29.3. The Morgan fingerprint density at radius 1 is 1.10 bits per heavy atom. The second-order valence-corrected chi connectivity index (χ2v) is 9.86. The van der Waals surface area contributed by atoms with Crippen molar-refractivity contribution < 1.29 is 43.5 Å². The van der Waals surface area contributed by atoms with Crippen molar-refractivity contribution in [2.75, 3.05) is 19.7 Å². The fraction of sp³-hybridized carbons (Fsp3) is 0.696. The molecule has 0 radical (unpaired) electrons. The molecule has 0 aromatic rings. The molecule has 16 nitrogen and oxygen atoms in total. The van der Waals surface area contributed by atoms with Crippen LogP contribution in [0.3, 0.4) is 0 Å². The normalized spacial score (nSPS) is 20.9. The van der Waals surface area contributed by atoms with Crippen molar-refractivity contribution in [1.29, 1.82) is 0 Å². The van der Waals surface area contributed by atoms with Crippen molar-refractivity contribution in [3.63, 3.8) is 0 Å². The van der Waals surface area contributed by atoms with E-state index in [4.69, 9.17) is 10.6 Å². The van der Waals surface area contributed by atoms with Crippen molar-refractivity contribution in [3.8, 4) is 0 Å². The molecule has 0 aromatic heterocycles. The SMILES string of the molecule is CC(=O)N1CCCC1C(=O)NC(CC(C)C)C(=O)NCC(=O)NC(CO)C(=O)NC(C(N)=O)C1CC(=O)NO1. The van der Waals surface area contributed by atoms with Crippen LogP contribution in [0.5, 0.6) is 0 Å². The van der Waals surface area contributed by atoms with Gasteiger partial charge < -0.3 is 37.0 Å². The third-order valence-corrected chi connectivity index (χ3v) is 6.24. The predicted molar refractivity (Wildman–Crippen MR) is 133 cm³/mol. The van der Waals surface area contributed by atoms with Gasteiger partial charge in [-0.2, -0.15) is 0 Å².